The molecule has 0 aliphatic carbocycles. The molecule has 0 saturated heterocycles. The fourth-order valence-corrected chi connectivity index (χ4v) is 6.69. The molecule has 2 aromatic carbocycles. The average Bonchev–Trinajstić information content (AvgIpc) is 3.51. The van der Waals surface area contributed by atoms with Crippen LogP contribution in [-0.4, -0.2) is 52.2 Å². The third kappa shape index (κ3) is 8.91. The fourth-order valence-electron chi connectivity index (χ4n) is 6.16. The molecule has 4 rings (SSSR count). The van der Waals surface area contributed by atoms with Gasteiger partial charge in [0.15, 0.2) is 0 Å². The van der Waals surface area contributed by atoms with Gasteiger partial charge in [-0.25, -0.2) is 0 Å². The Balaban J connectivity index is 0.00000529. The molecule has 0 saturated carbocycles. The zero-order valence-electron chi connectivity index (χ0n) is 27.0. The molecule has 2 atom stereocenters. The number of benzene rings is 2. The third-order valence-corrected chi connectivity index (χ3v) is 9.52. The highest BCUT2D eigenvalue weighted by molar-refractivity contribution is 6.99. The van der Waals surface area contributed by atoms with Crippen LogP contribution in [-0.2, 0) is 14.9 Å². The Labute approximate surface area is 286 Å². The number of ether oxygens (including phenoxy) is 2. The van der Waals surface area contributed by atoms with Crippen molar-refractivity contribution in [3.63, 3.8) is 0 Å². The van der Waals surface area contributed by atoms with Crippen LogP contribution in [0.3, 0.4) is 0 Å². The number of hydrogen-bond acceptors (Lipinski definition) is 6. The average molecular weight is 732 g/mol. The predicted molar refractivity (Wildman–Crippen MR) is 176 cm³/mol. The molecule has 8 heteroatoms. The Morgan fingerprint density at radius 2 is 1.52 bits per heavy atom. The Hall–Kier alpha value is -2.30. The molecule has 0 N–H and O–H groups in total. The molecular formula is C36H50IN3O3S. The minimum Gasteiger partial charge on any atom is -1.00 e. The van der Waals surface area contributed by atoms with Crippen LogP contribution >= 0.6 is 11.7 Å². The van der Waals surface area contributed by atoms with Gasteiger partial charge in [0, 0.05) is 18.9 Å². The van der Waals surface area contributed by atoms with Gasteiger partial charge in [-0.3, -0.25) is 9.28 Å². The van der Waals surface area contributed by atoms with Crippen LogP contribution in [0.15, 0.2) is 66.7 Å². The Morgan fingerprint density at radius 1 is 0.909 bits per heavy atom. The molecule has 0 amide bonds. The highest BCUT2D eigenvalue weighted by Crippen LogP contribution is 2.40. The second kappa shape index (κ2) is 18.0. The smallest absolute Gasteiger partial charge is 0.325 e. The first kappa shape index (κ1) is 36.2. The lowest BCUT2D eigenvalue weighted by atomic mass is 9.71. The molecule has 2 unspecified atom stereocenters. The predicted octanol–water partition coefficient (Wildman–Crippen LogP) is 5.58. The zero-order valence-corrected chi connectivity index (χ0v) is 29.9. The number of halogens is 1. The van der Waals surface area contributed by atoms with E-state index in [1.807, 2.05) is 43.3 Å². The van der Waals surface area contributed by atoms with Gasteiger partial charge in [0.1, 0.15) is 17.7 Å². The fraction of sp³-hybridized carbons (Fsp3) is 0.528. The maximum absolute atomic E-state index is 14.6. The second-order valence-electron chi connectivity index (χ2n) is 12.2. The lowest BCUT2D eigenvalue weighted by molar-refractivity contribution is -0.944. The van der Waals surface area contributed by atoms with E-state index in [0.717, 1.165) is 73.9 Å². The molecule has 44 heavy (non-hydrogen) atoms. The number of carbonyl (C=O) groups is 1. The van der Waals surface area contributed by atoms with Crippen LogP contribution in [0.25, 0.3) is 5.57 Å². The van der Waals surface area contributed by atoms with Gasteiger partial charge in [-0.15, -0.1) is 4.37 Å². The largest absolute Gasteiger partial charge is 1.00 e. The Bertz CT molecular complexity index is 1260. The van der Waals surface area contributed by atoms with Gasteiger partial charge in [-0.05, 0) is 24.0 Å². The van der Waals surface area contributed by atoms with Crippen LogP contribution in [0.2, 0.25) is 0 Å². The van der Waals surface area contributed by atoms with Gasteiger partial charge in [0.2, 0.25) is 6.23 Å². The molecule has 0 bridgehead atoms. The van der Waals surface area contributed by atoms with Crippen molar-refractivity contribution in [1.82, 2.24) is 8.75 Å². The number of carbonyl (C=O) groups excluding carboxylic acids is 1. The number of aromatic nitrogens is 2. The van der Waals surface area contributed by atoms with Crippen LogP contribution in [0, 0.1) is 0 Å². The molecule has 0 radical (unpaired) electrons. The molecule has 6 nitrogen and oxygen atoms in total. The summed E-state index contributed by atoms with van der Waals surface area (Å²) in [5.74, 6) is 0.459. The van der Waals surface area contributed by atoms with E-state index < -0.39 is 5.41 Å². The van der Waals surface area contributed by atoms with E-state index in [1.54, 1.807) is 0 Å². The minimum absolute atomic E-state index is 0. The van der Waals surface area contributed by atoms with Crippen LogP contribution < -0.4 is 28.7 Å². The number of quaternary nitrogens is 1. The summed E-state index contributed by atoms with van der Waals surface area (Å²) in [5.41, 5.74) is 3.07. The summed E-state index contributed by atoms with van der Waals surface area (Å²) in [7, 11) is 2.18. The first-order valence-electron chi connectivity index (χ1n) is 16.3. The van der Waals surface area contributed by atoms with Gasteiger partial charge in [0.25, 0.3) is 5.88 Å². The summed E-state index contributed by atoms with van der Waals surface area (Å²) in [6.45, 7) is 8.71. The van der Waals surface area contributed by atoms with E-state index in [1.165, 1.54) is 24.6 Å². The molecule has 1 aliphatic heterocycles. The zero-order chi connectivity index (χ0) is 30.5. The van der Waals surface area contributed by atoms with Crippen molar-refractivity contribution < 1.29 is 42.7 Å². The maximum atomic E-state index is 14.6. The quantitative estimate of drug-likeness (QED) is 0.0786. The number of esters is 1. The maximum Gasteiger partial charge on any atom is 0.325 e. The molecule has 0 fully saturated rings. The van der Waals surface area contributed by atoms with Crippen LogP contribution in [0.4, 0.5) is 0 Å². The van der Waals surface area contributed by atoms with Crippen molar-refractivity contribution in [2.45, 2.75) is 96.6 Å². The number of likely N-dealkylation sites (N-methyl/N-ethyl adjacent to an activating group) is 1. The lowest BCUT2D eigenvalue weighted by Gasteiger charge is -2.43. The molecule has 240 valence electrons. The summed E-state index contributed by atoms with van der Waals surface area (Å²) >= 11 is 1.20. The summed E-state index contributed by atoms with van der Waals surface area (Å²) < 4.78 is 22.3. The van der Waals surface area contributed by atoms with Gasteiger partial charge >= 0.3 is 5.97 Å². The van der Waals surface area contributed by atoms with Crippen molar-refractivity contribution in [2.24, 2.45) is 0 Å². The molecule has 0 spiro atoms. The summed E-state index contributed by atoms with van der Waals surface area (Å²) in [4.78, 5) is 14.6. The summed E-state index contributed by atoms with van der Waals surface area (Å²) in [5, 5.41) is 0. The van der Waals surface area contributed by atoms with E-state index >= 15 is 0 Å². The highest BCUT2D eigenvalue weighted by Gasteiger charge is 2.46. The monoisotopic (exact) mass is 731 g/mol. The van der Waals surface area contributed by atoms with Crippen molar-refractivity contribution in [3.05, 3.63) is 83.6 Å². The Kier molecular flexibility index (Phi) is 14.8. The molecule has 1 aromatic heterocycles. The topological polar surface area (TPSA) is 61.3 Å². The van der Waals surface area contributed by atoms with Crippen molar-refractivity contribution >= 4 is 23.3 Å². The first-order chi connectivity index (χ1) is 20.9. The normalized spacial score (nSPS) is 17.3. The Morgan fingerprint density at radius 3 is 2.14 bits per heavy atom. The summed E-state index contributed by atoms with van der Waals surface area (Å²) in [6.07, 6.45) is 12.5. The first-order valence-corrected chi connectivity index (χ1v) is 17.0. The SMILES string of the molecule is CCCCCCOc1nsnc1C1=CCC[N+](C)(C(C)OC(=O)C(CCCCCC)(c2ccccc2)c2ccccc2)C1.[I-]. The highest BCUT2D eigenvalue weighted by atomic mass is 127. The van der Waals surface area contributed by atoms with E-state index in [4.69, 9.17) is 9.47 Å². The number of rotatable bonds is 17. The number of hydrogen-bond donors (Lipinski definition) is 0. The van der Waals surface area contributed by atoms with Gasteiger partial charge in [0.05, 0.1) is 31.9 Å². The number of nitrogens with zero attached hydrogens (tertiary/aromatic N) is 3. The van der Waals surface area contributed by atoms with Crippen molar-refractivity contribution in [1.29, 1.82) is 0 Å². The third-order valence-electron chi connectivity index (χ3n) is 9.00. The van der Waals surface area contributed by atoms with Gasteiger partial charge < -0.3 is 33.5 Å². The molecular weight excluding hydrogens is 681 g/mol. The minimum atomic E-state index is -0.865. The molecule has 3 aromatic rings. The van der Waals surface area contributed by atoms with Crippen molar-refractivity contribution in [2.75, 3.05) is 26.7 Å². The van der Waals surface area contributed by atoms with Crippen LogP contribution in [0.1, 0.15) is 102 Å². The van der Waals surface area contributed by atoms with Crippen molar-refractivity contribution in [3.8, 4) is 5.88 Å². The summed E-state index contributed by atoms with van der Waals surface area (Å²) in [6, 6.07) is 20.4. The standard InChI is InChI=1S/C36H50N3O3S.HI/c1-5-7-9-17-25-36(31-21-13-11-14-22-31,32-23-15-12-16-24-32)35(40)42-29(3)39(4)26-19-20-30(28-39)33-34(38-43-37-33)41-27-18-10-8-6-2;/h11-16,20-24,29H,5-10,17-19,25-28H2,1-4H3;1H/q+1;/p-1. The number of unbranched alkanes of at least 4 members (excludes halogenated alkanes) is 6. The second-order valence-corrected chi connectivity index (χ2v) is 12.7. The van der Waals surface area contributed by atoms with E-state index in [-0.39, 0.29) is 36.2 Å². The molecule has 2 heterocycles. The lowest BCUT2D eigenvalue weighted by Crippen LogP contribution is -3.00. The van der Waals surface area contributed by atoms with E-state index in [2.05, 4.69) is 60.0 Å². The molecule has 1 aliphatic rings. The van der Waals surface area contributed by atoms with Gasteiger partial charge in [-0.1, -0.05) is 126 Å². The van der Waals surface area contributed by atoms with Gasteiger partial charge in [-0.2, -0.15) is 4.37 Å². The van der Waals surface area contributed by atoms with E-state index in [0.29, 0.717) is 29.9 Å². The van der Waals surface area contributed by atoms with Crippen LogP contribution in [0.5, 0.6) is 5.88 Å². The van der Waals surface area contributed by atoms with E-state index in [9.17, 15) is 4.79 Å².